The standard InChI is InChI=1S/C12H24N2O2S/c1-4-9-17(15,16)14(11(2)3)10-12-7-5-6-8-13-12/h4,11-13H,1,5-10H2,2-3H3. The molecule has 0 radical (unpaired) electrons. The molecule has 0 aromatic carbocycles. The maximum absolute atomic E-state index is 12.1. The Morgan fingerprint density at radius 3 is 2.65 bits per heavy atom. The van der Waals surface area contributed by atoms with Gasteiger partial charge < -0.3 is 5.32 Å². The second-order valence-electron chi connectivity index (χ2n) is 4.88. The Morgan fingerprint density at radius 1 is 1.47 bits per heavy atom. The van der Waals surface area contributed by atoms with Gasteiger partial charge in [-0.3, -0.25) is 0 Å². The molecule has 1 N–H and O–H groups in total. The summed E-state index contributed by atoms with van der Waals surface area (Å²) in [5, 5.41) is 3.39. The average molecular weight is 260 g/mol. The van der Waals surface area contributed by atoms with Crippen molar-refractivity contribution in [2.24, 2.45) is 0 Å². The number of nitrogens with one attached hydrogen (secondary N) is 1. The van der Waals surface area contributed by atoms with Gasteiger partial charge in [0, 0.05) is 18.6 Å². The van der Waals surface area contributed by atoms with E-state index in [2.05, 4.69) is 11.9 Å². The van der Waals surface area contributed by atoms with Crippen LogP contribution in [0.1, 0.15) is 33.1 Å². The second kappa shape index (κ2) is 6.52. The molecule has 0 bridgehead atoms. The molecule has 100 valence electrons. The summed E-state index contributed by atoms with van der Waals surface area (Å²) in [7, 11) is -3.20. The lowest BCUT2D eigenvalue weighted by atomic mass is 10.1. The van der Waals surface area contributed by atoms with Gasteiger partial charge in [-0.1, -0.05) is 12.5 Å². The number of piperidine rings is 1. The SMILES string of the molecule is C=CCS(=O)(=O)N(CC1CCCCN1)C(C)C. The molecule has 1 unspecified atom stereocenters. The Kier molecular flexibility index (Phi) is 5.62. The zero-order valence-electron chi connectivity index (χ0n) is 10.9. The molecular weight excluding hydrogens is 236 g/mol. The van der Waals surface area contributed by atoms with Gasteiger partial charge in [0.15, 0.2) is 0 Å². The molecule has 1 saturated heterocycles. The molecule has 5 heteroatoms. The minimum atomic E-state index is -3.20. The lowest BCUT2D eigenvalue weighted by Crippen LogP contribution is -2.48. The number of rotatable bonds is 6. The molecule has 0 aromatic rings. The van der Waals surface area contributed by atoms with E-state index in [9.17, 15) is 8.42 Å². The molecule has 1 heterocycles. The Labute approximate surface area is 105 Å². The first-order valence-corrected chi connectivity index (χ1v) is 7.92. The minimum absolute atomic E-state index is 0.00340. The summed E-state index contributed by atoms with van der Waals surface area (Å²) in [6.45, 7) is 8.93. The fourth-order valence-electron chi connectivity index (χ4n) is 2.19. The van der Waals surface area contributed by atoms with Crippen LogP contribution >= 0.6 is 0 Å². The lowest BCUT2D eigenvalue weighted by molar-refractivity contribution is 0.283. The second-order valence-corrected chi connectivity index (χ2v) is 6.84. The summed E-state index contributed by atoms with van der Waals surface area (Å²) in [6.07, 6.45) is 4.90. The fraction of sp³-hybridized carbons (Fsp3) is 0.833. The van der Waals surface area contributed by atoms with Crippen LogP contribution in [0, 0.1) is 0 Å². The van der Waals surface area contributed by atoms with E-state index < -0.39 is 10.0 Å². The molecule has 1 rings (SSSR count). The quantitative estimate of drug-likeness (QED) is 0.734. The summed E-state index contributed by atoms with van der Waals surface area (Å²) >= 11 is 0. The first kappa shape index (κ1) is 14.7. The number of nitrogens with zero attached hydrogens (tertiary/aromatic N) is 1. The fourth-order valence-corrected chi connectivity index (χ4v) is 3.73. The van der Waals surface area contributed by atoms with Crippen molar-refractivity contribution >= 4 is 10.0 Å². The van der Waals surface area contributed by atoms with Crippen LogP contribution in [0.4, 0.5) is 0 Å². The van der Waals surface area contributed by atoms with E-state index in [0.717, 1.165) is 13.0 Å². The zero-order valence-corrected chi connectivity index (χ0v) is 11.7. The maximum Gasteiger partial charge on any atom is 0.217 e. The predicted molar refractivity (Wildman–Crippen MR) is 71.5 cm³/mol. The van der Waals surface area contributed by atoms with Crippen LogP contribution in [0.5, 0.6) is 0 Å². The van der Waals surface area contributed by atoms with Crippen molar-refractivity contribution in [3.63, 3.8) is 0 Å². The molecule has 0 spiro atoms. The molecule has 1 atom stereocenters. The molecule has 17 heavy (non-hydrogen) atoms. The van der Waals surface area contributed by atoms with Crippen molar-refractivity contribution in [2.45, 2.75) is 45.2 Å². The van der Waals surface area contributed by atoms with Crippen molar-refractivity contribution in [3.8, 4) is 0 Å². The largest absolute Gasteiger partial charge is 0.313 e. The number of hydrogen-bond donors (Lipinski definition) is 1. The molecule has 4 nitrogen and oxygen atoms in total. The molecule has 1 fully saturated rings. The Morgan fingerprint density at radius 2 is 2.18 bits per heavy atom. The Bertz CT molecular complexity index is 332. The smallest absolute Gasteiger partial charge is 0.217 e. The highest BCUT2D eigenvalue weighted by Gasteiger charge is 2.27. The zero-order chi connectivity index (χ0) is 12.9. The topological polar surface area (TPSA) is 49.4 Å². The predicted octanol–water partition coefficient (Wildman–Crippen LogP) is 1.35. The van der Waals surface area contributed by atoms with Gasteiger partial charge in [-0.25, -0.2) is 8.42 Å². The molecule has 0 aliphatic carbocycles. The van der Waals surface area contributed by atoms with Crippen molar-refractivity contribution in [3.05, 3.63) is 12.7 Å². The third-order valence-electron chi connectivity index (χ3n) is 3.07. The maximum atomic E-state index is 12.1. The Hall–Kier alpha value is -0.390. The van der Waals surface area contributed by atoms with Crippen LogP contribution in [-0.4, -0.2) is 43.6 Å². The van der Waals surface area contributed by atoms with Crippen LogP contribution in [0.15, 0.2) is 12.7 Å². The van der Waals surface area contributed by atoms with Gasteiger partial charge in [0.05, 0.1) is 5.75 Å². The minimum Gasteiger partial charge on any atom is -0.313 e. The first-order valence-electron chi connectivity index (χ1n) is 6.31. The highest BCUT2D eigenvalue weighted by Crippen LogP contribution is 2.14. The van der Waals surface area contributed by atoms with Crippen LogP contribution in [0.25, 0.3) is 0 Å². The van der Waals surface area contributed by atoms with Crippen LogP contribution in [0.3, 0.4) is 0 Å². The number of hydrogen-bond acceptors (Lipinski definition) is 3. The molecule has 1 aliphatic heterocycles. The molecule has 0 saturated carbocycles. The summed E-state index contributed by atoms with van der Waals surface area (Å²) in [5.41, 5.74) is 0. The highest BCUT2D eigenvalue weighted by atomic mass is 32.2. The van der Waals surface area contributed by atoms with Gasteiger partial charge in [0.2, 0.25) is 10.0 Å². The van der Waals surface area contributed by atoms with E-state index in [4.69, 9.17) is 0 Å². The Balaban J connectivity index is 2.68. The summed E-state index contributed by atoms with van der Waals surface area (Å²) in [4.78, 5) is 0. The molecule has 0 aromatic heterocycles. The first-order chi connectivity index (χ1) is 7.97. The van der Waals surface area contributed by atoms with E-state index in [-0.39, 0.29) is 11.8 Å². The summed E-state index contributed by atoms with van der Waals surface area (Å²) < 4.78 is 25.7. The monoisotopic (exact) mass is 260 g/mol. The van der Waals surface area contributed by atoms with Gasteiger partial charge in [0.1, 0.15) is 0 Å². The summed E-state index contributed by atoms with van der Waals surface area (Å²) in [5.74, 6) is 0.0257. The van der Waals surface area contributed by atoms with Crippen molar-refractivity contribution in [2.75, 3.05) is 18.8 Å². The molecule has 0 amide bonds. The summed E-state index contributed by atoms with van der Waals surface area (Å²) in [6, 6.07) is 0.300. The average Bonchev–Trinajstić information content (AvgIpc) is 2.26. The molecular formula is C12H24N2O2S. The van der Waals surface area contributed by atoms with Crippen LogP contribution in [-0.2, 0) is 10.0 Å². The highest BCUT2D eigenvalue weighted by molar-refractivity contribution is 7.89. The van der Waals surface area contributed by atoms with Gasteiger partial charge in [-0.05, 0) is 33.2 Å². The van der Waals surface area contributed by atoms with E-state index in [1.165, 1.54) is 18.9 Å². The third kappa shape index (κ3) is 4.41. The van der Waals surface area contributed by atoms with Crippen LogP contribution in [0.2, 0.25) is 0 Å². The molecule has 1 aliphatic rings. The van der Waals surface area contributed by atoms with Gasteiger partial charge in [0.25, 0.3) is 0 Å². The van der Waals surface area contributed by atoms with E-state index in [0.29, 0.717) is 12.6 Å². The number of sulfonamides is 1. The van der Waals surface area contributed by atoms with Crippen LogP contribution < -0.4 is 5.32 Å². The normalized spacial score (nSPS) is 22.0. The van der Waals surface area contributed by atoms with Gasteiger partial charge in [-0.15, -0.1) is 6.58 Å². The lowest BCUT2D eigenvalue weighted by Gasteiger charge is -2.32. The van der Waals surface area contributed by atoms with Crippen molar-refractivity contribution < 1.29 is 8.42 Å². The van der Waals surface area contributed by atoms with E-state index in [1.807, 2.05) is 13.8 Å². The van der Waals surface area contributed by atoms with E-state index in [1.54, 1.807) is 4.31 Å². The van der Waals surface area contributed by atoms with Crippen molar-refractivity contribution in [1.29, 1.82) is 0 Å². The third-order valence-corrected chi connectivity index (χ3v) is 5.02. The van der Waals surface area contributed by atoms with Gasteiger partial charge >= 0.3 is 0 Å². The van der Waals surface area contributed by atoms with Crippen molar-refractivity contribution in [1.82, 2.24) is 9.62 Å². The van der Waals surface area contributed by atoms with Gasteiger partial charge in [-0.2, -0.15) is 4.31 Å². The van der Waals surface area contributed by atoms with E-state index >= 15 is 0 Å².